The lowest BCUT2D eigenvalue weighted by Gasteiger charge is -2.32. The topological polar surface area (TPSA) is 99.6 Å². The fourth-order valence-corrected chi connectivity index (χ4v) is 3.61. The molecular weight excluding hydrogens is 270 g/mol. The molecule has 0 amide bonds. The first kappa shape index (κ1) is 13.9. The zero-order chi connectivity index (χ0) is 13.9. The van der Waals surface area contributed by atoms with Gasteiger partial charge >= 0.3 is 5.97 Å². The van der Waals surface area contributed by atoms with Crippen molar-refractivity contribution in [1.29, 1.82) is 0 Å². The van der Waals surface area contributed by atoms with E-state index in [1.54, 1.807) is 18.2 Å². The van der Waals surface area contributed by atoms with E-state index in [1.807, 2.05) is 0 Å². The fraction of sp³-hybridized carbons (Fsp3) is 0.455. The van der Waals surface area contributed by atoms with Gasteiger partial charge in [-0.25, -0.2) is 8.42 Å². The minimum atomic E-state index is -3.68. The zero-order valence-electron chi connectivity index (χ0n) is 10.2. The molecule has 1 aliphatic heterocycles. The summed E-state index contributed by atoms with van der Waals surface area (Å²) >= 11 is 0. The van der Waals surface area contributed by atoms with Crippen LogP contribution < -0.4 is 5.32 Å². The van der Waals surface area contributed by atoms with Crippen molar-refractivity contribution in [3.8, 4) is 0 Å². The molecule has 7 nitrogen and oxygen atoms in total. The Labute approximate surface area is 111 Å². The van der Waals surface area contributed by atoms with Crippen LogP contribution in [0.1, 0.15) is 5.69 Å². The molecule has 1 saturated heterocycles. The molecule has 1 fully saturated rings. The second kappa shape index (κ2) is 5.64. The number of hydrogen-bond donors (Lipinski definition) is 2. The first-order chi connectivity index (χ1) is 9.00. The van der Waals surface area contributed by atoms with Crippen molar-refractivity contribution >= 4 is 16.0 Å². The highest BCUT2D eigenvalue weighted by Crippen LogP contribution is 2.14. The van der Waals surface area contributed by atoms with E-state index in [-0.39, 0.29) is 18.8 Å². The number of piperazine rings is 1. The second-order valence-corrected chi connectivity index (χ2v) is 6.17. The molecule has 2 heterocycles. The Balaban J connectivity index is 2.20. The van der Waals surface area contributed by atoms with E-state index in [0.29, 0.717) is 12.2 Å². The van der Waals surface area contributed by atoms with Gasteiger partial charge in [0.1, 0.15) is 11.8 Å². The summed E-state index contributed by atoms with van der Waals surface area (Å²) in [4.78, 5) is 15.1. The summed E-state index contributed by atoms with van der Waals surface area (Å²) in [6, 6.07) is 3.95. The highest BCUT2D eigenvalue weighted by molar-refractivity contribution is 7.88. The fourth-order valence-electron chi connectivity index (χ4n) is 1.98. The van der Waals surface area contributed by atoms with Gasteiger partial charge in [0.25, 0.3) is 0 Å². The molecule has 0 saturated carbocycles. The van der Waals surface area contributed by atoms with Crippen LogP contribution in [0.5, 0.6) is 0 Å². The van der Waals surface area contributed by atoms with Crippen molar-refractivity contribution in [3.63, 3.8) is 0 Å². The Morgan fingerprint density at radius 2 is 2.32 bits per heavy atom. The average molecular weight is 285 g/mol. The molecular formula is C11H15N3O4S. The van der Waals surface area contributed by atoms with Crippen LogP contribution in [-0.4, -0.2) is 54.5 Å². The van der Waals surface area contributed by atoms with Gasteiger partial charge in [-0.1, -0.05) is 6.07 Å². The maximum Gasteiger partial charge on any atom is 0.323 e. The molecule has 1 atom stereocenters. The molecule has 19 heavy (non-hydrogen) atoms. The van der Waals surface area contributed by atoms with E-state index < -0.39 is 22.0 Å². The van der Waals surface area contributed by atoms with Crippen LogP contribution in [0, 0.1) is 0 Å². The minimum Gasteiger partial charge on any atom is -0.480 e. The predicted molar refractivity (Wildman–Crippen MR) is 67.9 cm³/mol. The molecule has 1 aromatic heterocycles. The molecule has 0 spiro atoms. The number of carboxylic acid groups (broad SMARTS) is 1. The number of sulfonamides is 1. The van der Waals surface area contributed by atoms with Crippen molar-refractivity contribution < 1.29 is 18.3 Å². The van der Waals surface area contributed by atoms with Gasteiger partial charge in [-0.3, -0.25) is 9.78 Å². The SMILES string of the molecule is O=C(O)[C@H]1CNCCN1S(=O)(=O)Cc1ccccn1. The van der Waals surface area contributed by atoms with Gasteiger partial charge in [0.15, 0.2) is 0 Å². The van der Waals surface area contributed by atoms with Crippen LogP contribution >= 0.6 is 0 Å². The third-order valence-electron chi connectivity index (χ3n) is 2.89. The highest BCUT2D eigenvalue weighted by atomic mass is 32.2. The van der Waals surface area contributed by atoms with Gasteiger partial charge < -0.3 is 10.4 Å². The summed E-state index contributed by atoms with van der Waals surface area (Å²) in [6.45, 7) is 0.730. The number of rotatable bonds is 4. The van der Waals surface area contributed by atoms with E-state index in [2.05, 4.69) is 10.3 Å². The second-order valence-electron chi connectivity index (χ2n) is 4.25. The molecule has 104 valence electrons. The standard InChI is InChI=1S/C11H15N3O4S/c15-11(16)10-7-12-5-6-14(10)19(17,18)8-9-3-1-2-4-13-9/h1-4,10,12H,5-8H2,(H,15,16)/t10-/m1/s1. The maximum absolute atomic E-state index is 12.3. The monoisotopic (exact) mass is 285 g/mol. The minimum absolute atomic E-state index is 0.122. The number of pyridine rings is 1. The van der Waals surface area contributed by atoms with Gasteiger partial charge in [-0.15, -0.1) is 0 Å². The van der Waals surface area contributed by atoms with Crippen LogP contribution in [0.25, 0.3) is 0 Å². The number of aliphatic carboxylic acids is 1. The van der Waals surface area contributed by atoms with Gasteiger partial charge in [-0.05, 0) is 12.1 Å². The van der Waals surface area contributed by atoms with Gasteiger partial charge in [0.05, 0.1) is 5.69 Å². The molecule has 2 N–H and O–H groups in total. The van der Waals surface area contributed by atoms with E-state index in [1.165, 1.54) is 6.20 Å². The van der Waals surface area contributed by atoms with Crippen molar-refractivity contribution in [1.82, 2.24) is 14.6 Å². The Hall–Kier alpha value is -1.51. The number of nitrogens with one attached hydrogen (secondary N) is 1. The van der Waals surface area contributed by atoms with Crippen LogP contribution in [0.4, 0.5) is 0 Å². The number of nitrogens with zero attached hydrogens (tertiary/aromatic N) is 2. The summed E-state index contributed by atoms with van der Waals surface area (Å²) in [7, 11) is -3.68. The summed E-state index contributed by atoms with van der Waals surface area (Å²) < 4.78 is 25.6. The van der Waals surface area contributed by atoms with E-state index >= 15 is 0 Å². The lowest BCUT2D eigenvalue weighted by Crippen LogP contribution is -2.57. The summed E-state index contributed by atoms with van der Waals surface area (Å²) in [5.41, 5.74) is 0.408. The van der Waals surface area contributed by atoms with Gasteiger partial charge in [0, 0.05) is 25.8 Å². The third kappa shape index (κ3) is 3.28. The van der Waals surface area contributed by atoms with Crippen molar-refractivity contribution in [3.05, 3.63) is 30.1 Å². The summed E-state index contributed by atoms with van der Waals surface area (Å²) in [5.74, 6) is -1.42. The first-order valence-corrected chi connectivity index (χ1v) is 7.44. The largest absolute Gasteiger partial charge is 0.480 e. The summed E-state index contributed by atoms with van der Waals surface area (Å²) in [5, 5.41) is 12.0. The highest BCUT2D eigenvalue weighted by Gasteiger charge is 2.36. The Morgan fingerprint density at radius 3 is 2.95 bits per heavy atom. The molecule has 8 heteroatoms. The quantitative estimate of drug-likeness (QED) is 0.756. The number of aromatic nitrogens is 1. The van der Waals surface area contributed by atoms with Crippen LogP contribution in [-0.2, 0) is 20.6 Å². The van der Waals surface area contributed by atoms with Gasteiger partial charge in [-0.2, -0.15) is 4.31 Å². The molecule has 1 aliphatic rings. The van der Waals surface area contributed by atoms with Crippen molar-refractivity contribution in [2.75, 3.05) is 19.6 Å². The summed E-state index contributed by atoms with van der Waals surface area (Å²) in [6.07, 6.45) is 1.51. The Bertz CT molecular complexity index is 546. The molecule has 0 bridgehead atoms. The van der Waals surface area contributed by atoms with Crippen molar-refractivity contribution in [2.24, 2.45) is 0 Å². The molecule has 0 radical (unpaired) electrons. The van der Waals surface area contributed by atoms with E-state index in [9.17, 15) is 13.2 Å². The molecule has 1 aromatic rings. The molecule has 0 aromatic carbocycles. The van der Waals surface area contributed by atoms with E-state index in [0.717, 1.165) is 4.31 Å². The van der Waals surface area contributed by atoms with Crippen LogP contribution in [0.15, 0.2) is 24.4 Å². The molecule has 0 aliphatic carbocycles. The third-order valence-corrected chi connectivity index (χ3v) is 4.71. The van der Waals surface area contributed by atoms with Gasteiger partial charge in [0.2, 0.25) is 10.0 Å². The van der Waals surface area contributed by atoms with Crippen LogP contribution in [0.2, 0.25) is 0 Å². The Kier molecular flexibility index (Phi) is 4.13. The van der Waals surface area contributed by atoms with Crippen molar-refractivity contribution in [2.45, 2.75) is 11.8 Å². The average Bonchev–Trinajstić information content (AvgIpc) is 2.39. The predicted octanol–water partition coefficient (Wildman–Crippen LogP) is -0.730. The first-order valence-electron chi connectivity index (χ1n) is 5.83. The molecule has 2 rings (SSSR count). The van der Waals surface area contributed by atoms with Crippen LogP contribution in [0.3, 0.4) is 0 Å². The number of hydrogen-bond acceptors (Lipinski definition) is 5. The number of carbonyl (C=O) groups is 1. The normalized spacial score (nSPS) is 21.2. The zero-order valence-corrected chi connectivity index (χ0v) is 11.0. The number of carboxylic acids is 1. The lowest BCUT2D eigenvalue weighted by molar-refractivity contribution is -0.141. The van der Waals surface area contributed by atoms with E-state index in [4.69, 9.17) is 5.11 Å². The maximum atomic E-state index is 12.3. The molecule has 0 unspecified atom stereocenters. The lowest BCUT2D eigenvalue weighted by atomic mass is 10.2. The Morgan fingerprint density at radius 1 is 1.53 bits per heavy atom. The smallest absolute Gasteiger partial charge is 0.323 e.